The van der Waals surface area contributed by atoms with Crippen LogP contribution in [0.1, 0.15) is 36.6 Å². The van der Waals surface area contributed by atoms with Crippen LogP contribution < -0.4 is 11.0 Å². The molecule has 30 heavy (non-hydrogen) atoms. The third kappa shape index (κ3) is 4.08. The Bertz CT molecular complexity index is 1130. The smallest absolute Gasteiger partial charge is 0.341 e. The van der Waals surface area contributed by atoms with Crippen molar-refractivity contribution in [3.05, 3.63) is 51.6 Å². The average Bonchev–Trinajstić information content (AvgIpc) is 2.96. The largest absolute Gasteiger partial charge is 0.353 e. The Balaban J connectivity index is 1.65. The first kappa shape index (κ1) is 20.1. The number of amides is 1. The van der Waals surface area contributed by atoms with Crippen molar-refractivity contribution in [3.63, 3.8) is 0 Å². The molecule has 0 atom stereocenters. The van der Waals surface area contributed by atoms with E-state index in [-0.39, 0.29) is 18.1 Å². The van der Waals surface area contributed by atoms with Gasteiger partial charge in [0.25, 0.3) is 0 Å². The summed E-state index contributed by atoms with van der Waals surface area (Å²) in [7, 11) is 0. The molecule has 8 nitrogen and oxygen atoms in total. The highest BCUT2D eigenvalue weighted by atomic mass is 16.2. The first-order chi connectivity index (χ1) is 14.3. The van der Waals surface area contributed by atoms with E-state index in [1.165, 1.54) is 9.08 Å². The minimum Gasteiger partial charge on any atom is -0.341 e. The normalized spacial score (nSPS) is 15.0. The van der Waals surface area contributed by atoms with Crippen LogP contribution >= 0.6 is 0 Å². The standard InChI is InChI=1S/C22H28N6O2/c1-14-5-7-26(8-6-14)20(29)13-27-22(30)28-19(25-27)12-17(4)23-21(28)24-18-10-15(2)9-16(3)11-18/h9-12,14H,5-8,13H2,1-4H3,(H,23,24). The molecule has 1 N–H and O–H groups in total. The summed E-state index contributed by atoms with van der Waals surface area (Å²) in [5.74, 6) is 0.964. The number of rotatable bonds is 4. The van der Waals surface area contributed by atoms with E-state index in [2.05, 4.69) is 28.4 Å². The van der Waals surface area contributed by atoms with Crippen LogP contribution in [0.4, 0.5) is 11.6 Å². The Kier molecular flexibility index (Phi) is 5.32. The summed E-state index contributed by atoms with van der Waals surface area (Å²) in [4.78, 5) is 32.1. The second-order valence-corrected chi connectivity index (χ2v) is 8.42. The third-order valence-electron chi connectivity index (χ3n) is 5.60. The summed E-state index contributed by atoms with van der Waals surface area (Å²) < 4.78 is 2.67. The number of fused-ring (bicyclic) bond motifs is 1. The minimum atomic E-state index is -0.372. The maximum absolute atomic E-state index is 13.1. The van der Waals surface area contributed by atoms with Crippen LogP contribution in [-0.4, -0.2) is 43.1 Å². The Morgan fingerprint density at radius 2 is 1.77 bits per heavy atom. The zero-order valence-corrected chi connectivity index (χ0v) is 18.0. The fourth-order valence-corrected chi connectivity index (χ4v) is 4.00. The van der Waals surface area contributed by atoms with Gasteiger partial charge in [-0.1, -0.05) is 13.0 Å². The van der Waals surface area contributed by atoms with Crippen molar-refractivity contribution in [2.45, 2.75) is 47.1 Å². The molecule has 0 radical (unpaired) electrons. The van der Waals surface area contributed by atoms with Gasteiger partial charge in [0.2, 0.25) is 11.9 Å². The summed E-state index contributed by atoms with van der Waals surface area (Å²) in [6.07, 6.45) is 2.00. The van der Waals surface area contributed by atoms with E-state index >= 15 is 0 Å². The van der Waals surface area contributed by atoms with E-state index in [4.69, 9.17) is 0 Å². The number of carbonyl (C=O) groups excluding carboxylic acids is 1. The van der Waals surface area contributed by atoms with Gasteiger partial charge in [0.05, 0.1) is 0 Å². The average molecular weight is 409 g/mol. The second-order valence-electron chi connectivity index (χ2n) is 8.42. The monoisotopic (exact) mass is 408 g/mol. The van der Waals surface area contributed by atoms with E-state index in [1.807, 2.05) is 37.8 Å². The van der Waals surface area contributed by atoms with Gasteiger partial charge in [-0.3, -0.25) is 4.79 Å². The zero-order chi connectivity index (χ0) is 21.4. The lowest BCUT2D eigenvalue weighted by Gasteiger charge is -2.30. The molecular weight excluding hydrogens is 380 g/mol. The molecular formula is C22H28N6O2. The number of anilines is 2. The molecule has 4 rings (SSSR count). The maximum atomic E-state index is 13.1. The summed E-state index contributed by atoms with van der Waals surface area (Å²) in [6, 6.07) is 7.83. The molecule has 3 aromatic rings. The zero-order valence-electron chi connectivity index (χ0n) is 18.0. The number of nitrogens with one attached hydrogen (secondary N) is 1. The lowest BCUT2D eigenvalue weighted by molar-refractivity contribution is -0.133. The summed E-state index contributed by atoms with van der Waals surface area (Å²) in [5, 5.41) is 7.65. The summed E-state index contributed by atoms with van der Waals surface area (Å²) in [6.45, 7) is 9.52. The van der Waals surface area contributed by atoms with Crippen LogP contribution in [-0.2, 0) is 11.3 Å². The van der Waals surface area contributed by atoms with Gasteiger partial charge in [-0.05, 0) is 62.8 Å². The number of benzene rings is 1. The Morgan fingerprint density at radius 1 is 1.10 bits per heavy atom. The van der Waals surface area contributed by atoms with Crippen LogP contribution in [0.2, 0.25) is 0 Å². The highest BCUT2D eigenvalue weighted by Crippen LogP contribution is 2.19. The topological polar surface area (TPSA) is 84.5 Å². The van der Waals surface area contributed by atoms with E-state index in [0.717, 1.165) is 48.4 Å². The second kappa shape index (κ2) is 7.93. The lowest BCUT2D eigenvalue weighted by atomic mass is 9.99. The number of carbonyl (C=O) groups is 1. The van der Waals surface area contributed by atoms with E-state index in [9.17, 15) is 9.59 Å². The SMILES string of the molecule is Cc1cc(C)cc(Nc2nc(C)cc3nn(CC(=O)N4CCC(C)CC4)c(=O)n23)c1. The highest BCUT2D eigenvalue weighted by molar-refractivity contribution is 5.76. The number of aromatic nitrogens is 4. The Labute approximate surface area is 175 Å². The van der Waals surface area contributed by atoms with Crippen molar-refractivity contribution in [2.24, 2.45) is 5.92 Å². The fourth-order valence-electron chi connectivity index (χ4n) is 4.00. The molecule has 1 saturated heterocycles. The lowest BCUT2D eigenvalue weighted by Crippen LogP contribution is -2.41. The van der Waals surface area contributed by atoms with Crippen LogP contribution in [0.25, 0.3) is 5.65 Å². The number of nitrogens with zero attached hydrogens (tertiary/aromatic N) is 5. The molecule has 1 aromatic carbocycles. The van der Waals surface area contributed by atoms with Crippen LogP contribution in [0.5, 0.6) is 0 Å². The third-order valence-corrected chi connectivity index (χ3v) is 5.60. The number of hydrogen-bond acceptors (Lipinski definition) is 5. The van der Waals surface area contributed by atoms with Gasteiger partial charge in [0, 0.05) is 30.5 Å². The fraction of sp³-hybridized carbons (Fsp3) is 0.455. The number of aryl methyl sites for hydroxylation is 3. The first-order valence-electron chi connectivity index (χ1n) is 10.4. The Hall–Kier alpha value is -3.16. The van der Waals surface area contributed by atoms with Crippen molar-refractivity contribution >= 4 is 23.2 Å². The molecule has 0 aliphatic carbocycles. The quantitative estimate of drug-likeness (QED) is 0.718. The predicted molar refractivity (Wildman–Crippen MR) is 116 cm³/mol. The predicted octanol–water partition coefficient (Wildman–Crippen LogP) is 2.82. The van der Waals surface area contributed by atoms with E-state index < -0.39 is 0 Å². The van der Waals surface area contributed by atoms with Crippen molar-refractivity contribution in [1.29, 1.82) is 0 Å². The van der Waals surface area contributed by atoms with Gasteiger partial charge >= 0.3 is 5.69 Å². The number of piperidine rings is 1. The van der Waals surface area contributed by atoms with Crippen LogP contribution in [0.3, 0.4) is 0 Å². The molecule has 2 aromatic heterocycles. The van der Waals surface area contributed by atoms with Crippen molar-refractivity contribution in [3.8, 4) is 0 Å². The molecule has 1 aliphatic heterocycles. The van der Waals surface area contributed by atoms with Gasteiger partial charge in [-0.15, -0.1) is 5.10 Å². The molecule has 1 fully saturated rings. The van der Waals surface area contributed by atoms with E-state index in [0.29, 0.717) is 17.5 Å². The minimum absolute atomic E-state index is 0.0586. The van der Waals surface area contributed by atoms with Crippen molar-refractivity contribution in [2.75, 3.05) is 18.4 Å². The Morgan fingerprint density at radius 3 is 2.43 bits per heavy atom. The first-order valence-corrected chi connectivity index (χ1v) is 10.4. The maximum Gasteiger partial charge on any atom is 0.353 e. The number of hydrogen-bond donors (Lipinski definition) is 1. The molecule has 0 bridgehead atoms. The summed E-state index contributed by atoms with van der Waals surface area (Å²) >= 11 is 0. The van der Waals surface area contributed by atoms with Crippen LogP contribution in [0, 0.1) is 26.7 Å². The van der Waals surface area contributed by atoms with Gasteiger partial charge < -0.3 is 10.2 Å². The van der Waals surface area contributed by atoms with Crippen molar-refractivity contribution < 1.29 is 4.79 Å². The highest BCUT2D eigenvalue weighted by Gasteiger charge is 2.22. The van der Waals surface area contributed by atoms with Gasteiger partial charge in [0.15, 0.2) is 5.65 Å². The van der Waals surface area contributed by atoms with E-state index in [1.54, 1.807) is 6.07 Å². The van der Waals surface area contributed by atoms with Gasteiger partial charge in [0.1, 0.15) is 6.54 Å². The molecule has 0 saturated carbocycles. The summed E-state index contributed by atoms with van der Waals surface area (Å²) in [5.41, 5.74) is 3.92. The number of likely N-dealkylation sites (tertiary alicyclic amines) is 1. The van der Waals surface area contributed by atoms with Gasteiger partial charge in [-0.2, -0.15) is 0 Å². The van der Waals surface area contributed by atoms with Crippen molar-refractivity contribution in [1.82, 2.24) is 24.1 Å². The van der Waals surface area contributed by atoms with Crippen LogP contribution in [0.15, 0.2) is 29.1 Å². The molecule has 8 heteroatoms. The molecule has 1 aliphatic rings. The molecule has 3 heterocycles. The molecule has 158 valence electrons. The molecule has 0 spiro atoms. The molecule has 0 unspecified atom stereocenters. The van der Waals surface area contributed by atoms with Gasteiger partial charge in [-0.25, -0.2) is 18.9 Å². The molecule has 1 amide bonds.